The van der Waals surface area contributed by atoms with Crippen molar-refractivity contribution in [1.82, 2.24) is 0 Å². The topological polar surface area (TPSA) is 29.5 Å². The molecule has 0 spiro atoms. The summed E-state index contributed by atoms with van der Waals surface area (Å²) in [5.74, 6) is 3.25. The second-order valence-electron chi connectivity index (χ2n) is 7.47. The second kappa shape index (κ2) is 4.79. The summed E-state index contributed by atoms with van der Waals surface area (Å²) < 4.78 is 5.80. The van der Waals surface area contributed by atoms with E-state index in [0.29, 0.717) is 5.92 Å². The maximum atomic E-state index is 10.9. The molecule has 0 aromatic carbocycles. The summed E-state index contributed by atoms with van der Waals surface area (Å²) in [5, 5.41) is 10.9. The van der Waals surface area contributed by atoms with Crippen molar-refractivity contribution < 1.29 is 9.84 Å². The van der Waals surface area contributed by atoms with Gasteiger partial charge < -0.3 is 9.84 Å². The minimum atomic E-state index is -0.428. The Labute approximate surface area is 111 Å². The van der Waals surface area contributed by atoms with Crippen LogP contribution in [-0.2, 0) is 4.74 Å². The van der Waals surface area contributed by atoms with Crippen molar-refractivity contribution in [3.8, 4) is 0 Å². The van der Waals surface area contributed by atoms with Gasteiger partial charge in [-0.15, -0.1) is 0 Å². The summed E-state index contributed by atoms with van der Waals surface area (Å²) >= 11 is 0. The van der Waals surface area contributed by atoms with Crippen LogP contribution in [0.3, 0.4) is 0 Å². The van der Waals surface area contributed by atoms with Gasteiger partial charge in [-0.05, 0) is 55.8 Å². The van der Waals surface area contributed by atoms with E-state index in [1.165, 1.54) is 25.7 Å². The van der Waals surface area contributed by atoms with E-state index in [9.17, 15) is 5.11 Å². The van der Waals surface area contributed by atoms with E-state index >= 15 is 0 Å². The summed E-state index contributed by atoms with van der Waals surface area (Å²) in [6.45, 7) is 5.15. The molecule has 2 saturated carbocycles. The first kappa shape index (κ1) is 12.9. The molecule has 5 atom stereocenters. The molecule has 0 aromatic rings. The van der Waals surface area contributed by atoms with Crippen LogP contribution in [0, 0.1) is 23.7 Å². The molecule has 2 bridgehead atoms. The Morgan fingerprint density at radius 1 is 1.28 bits per heavy atom. The molecule has 3 fully saturated rings. The highest BCUT2D eigenvalue weighted by atomic mass is 16.5. The van der Waals surface area contributed by atoms with Gasteiger partial charge in [-0.3, -0.25) is 0 Å². The van der Waals surface area contributed by atoms with Crippen molar-refractivity contribution in [1.29, 1.82) is 0 Å². The zero-order valence-corrected chi connectivity index (χ0v) is 11.9. The number of aliphatic hydroxyl groups is 1. The van der Waals surface area contributed by atoms with Crippen LogP contribution >= 0.6 is 0 Å². The Bertz CT molecular complexity index is 301. The number of rotatable bonds is 3. The van der Waals surface area contributed by atoms with Crippen LogP contribution in [0.5, 0.6) is 0 Å². The van der Waals surface area contributed by atoms with Gasteiger partial charge in [-0.2, -0.15) is 0 Å². The van der Waals surface area contributed by atoms with Gasteiger partial charge in [0.25, 0.3) is 0 Å². The molecule has 3 aliphatic rings. The smallest absolute Gasteiger partial charge is 0.0697 e. The quantitative estimate of drug-likeness (QED) is 0.834. The lowest BCUT2D eigenvalue weighted by Crippen LogP contribution is -2.44. The van der Waals surface area contributed by atoms with Gasteiger partial charge in [0.2, 0.25) is 0 Å². The zero-order chi connectivity index (χ0) is 12.8. The molecule has 1 N–H and O–H groups in total. The van der Waals surface area contributed by atoms with Crippen LogP contribution < -0.4 is 0 Å². The Balaban J connectivity index is 1.60. The highest BCUT2D eigenvalue weighted by Gasteiger charge is 2.45. The van der Waals surface area contributed by atoms with Gasteiger partial charge in [0.15, 0.2) is 0 Å². The summed E-state index contributed by atoms with van der Waals surface area (Å²) in [4.78, 5) is 0. The number of hydrogen-bond acceptors (Lipinski definition) is 2. The normalized spacial score (nSPS) is 48.0. The van der Waals surface area contributed by atoms with Crippen molar-refractivity contribution in [2.24, 2.45) is 23.7 Å². The minimum absolute atomic E-state index is 0.266. The summed E-state index contributed by atoms with van der Waals surface area (Å²) in [6, 6.07) is 0. The zero-order valence-electron chi connectivity index (χ0n) is 11.9. The first-order valence-electron chi connectivity index (χ1n) is 7.90. The maximum absolute atomic E-state index is 10.9. The highest BCUT2D eigenvalue weighted by molar-refractivity contribution is 4.96. The predicted molar refractivity (Wildman–Crippen MR) is 72.3 cm³/mol. The average molecular weight is 252 g/mol. The lowest BCUT2D eigenvalue weighted by molar-refractivity contribution is -0.127. The van der Waals surface area contributed by atoms with E-state index in [4.69, 9.17) is 4.74 Å². The van der Waals surface area contributed by atoms with Crippen LogP contribution in [0.4, 0.5) is 0 Å². The lowest BCUT2D eigenvalue weighted by Gasteiger charge is -2.41. The molecular formula is C16H28O2. The molecule has 1 heterocycles. The first-order chi connectivity index (χ1) is 8.56. The molecule has 0 radical (unpaired) electrons. The second-order valence-corrected chi connectivity index (χ2v) is 7.47. The van der Waals surface area contributed by atoms with Gasteiger partial charge >= 0.3 is 0 Å². The van der Waals surface area contributed by atoms with Crippen LogP contribution in [-0.4, -0.2) is 23.4 Å². The molecular weight excluding hydrogens is 224 g/mol. The van der Waals surface area contributed by atoms with Crippen molar-refractivity contribution in [2.75, 3.05) is 6.61 Å². The fourth-order valence-corrected chi connectivity index (χ4v) is 4.66. The average Bonchev–Trinajstić information content (AvgIpc) is 2.90. The van der Waals surface area contributed by atoms with Crippen molar-refractivity contribution in [3.05, 3.63) is 0 Å². The largest absolute Gasteiger partial charge is 0.390 e. The number of ether oxygens (including phenoxy) is 1. The van der Waals surface area contributed by atoms with Crippen molar-refractivity contribution in [2.45, 2.75) is 70.5 Å². The summed E-state index contributed by atoms with van der Waals surface area (Å²) in [7, 11) is 0. The Hall–Kier alpha value is -0.0800. The SMILES string of the molecule is CC(C)C1CC(O)(CC2CC3CCC2C3)CCO1. The Morgan fingerprint density at radius 3 is 2.72 bits per heavy atom. The molecule has 1 aliphatic heterocycles. The number of hydrogen-bond donors (Lipinski definition) is 1. The molecule has 2 nitrogen and oxygen atoms in total. The monoisotopic (exact) mass is 252 g/mol. The molecule has 2 heteroatoms. The van der Waals surface area contributed by atoms with E-state index < -0.39 is 5.60 Å². The van der Waals surface area contributed by atoms with E-state index in [1.807, 2.05) is 0 Å². The predicted octanol–water partition coefficient (Wildman–Crippen LogP) is 3.38. The van der Waals surface area contributed by atoms with Gasteiger partial charge in [-0.25, -0.2) is 0 Å². The van der Waals surface area contributed by atoms with E-state index in [2.05, 4.69) is 13.8 Å². The third kappa shape index (κ3) is 2.46. The maximum Gasteiger partial charge on any atom is 0.0697 e. The van der Waals surface area contributed by atoms with Crippen molar-refractivity contribution in [3.63, 3.8) is 0 Å². The van der Waals surface area contributed by atoms with E-state index in [-0.39, 0.29) is 6.10 Å². The molecule has 3 rings (SSSR count). The molecule has 104 valence electrons. The van der Waals surface area contributed by atoms with Crippen LogP contribution in [0.25, 0.3) is 0 Å². The molecule has 0 amide bonds. The number of fused-ring (bicyclic) bond motifs is 2. The van der Waals surface area contributed by atoms with E-state index in [0.717, 1.165) is 43.6 Å². The standard InChI is InChI=1S/C16H28O2/c1-11(2)15-10-16(17,5-6-18-15)9-14-8-12-3-4-13(14)7-12/h11-15,17H,3-10H2,1-2H3. The summed E-state index contributed by atoms with van der Waals surface area (Å²) in [5.41, 5.74) is -0.428. The fourth-order valence-electron chi connectivity index (χ4n) is 4.66. The van der Waals surface area contributed by atoms with Gasteiger partial charge in [0.1, 0.15) is 0 Å². The van der Waals surface area contributed by atoms with Crippen LogP contribution in [0.15, 0.2) is 0 Å². The van der Waals surface area contributed by atoms with Gasteiger partial charge in [0.05, 0.1) is 11.7 Å². The van der Waals surface area contributed by atoms with Gasteiger partial charge in [0, 0.05) is 13.0 Å². The molecule has 0 aromatic heterocycles. The third-order valence-corrected chi connectivity index (χ3v) is 5.75. The van der Waals surface area contributed by atoms with Crippen LogP contribution in [0.2, 0.25) is 0 Å². The molecule has 18 heavy (non-hydrogen) atoms. The Morgan fingerprint density at radius 2 is 2.11 bits per heavy atom. The van der Waals surface area contributed by atoms with Gasteiger partial charge in [-0.1, -0.05) is 20.3 Å². The van der Waals surface area contributed by atoms with Crippen molar-refractivity contribution >= 4 is 0 Å². The van der Waals surface area contributed by atoms with E-state index in [1.54, 1.807) is 0 Å². The lowest BCUT2D eigenvalue weighted by atomic mass is 9.75. The molecule has 5 unspecified atom stereocenters. The fraction of sp³-hybridized carbons (Fsp3) is 1.00. The molecule has 1 saturated heterocycles. The Kier molecular flexibility index (Phi) is 3.44. The highest BCUT2D eigenvalue weighted by Crippen LogP contribution is 2.51. The minimum Gasteiger partial charge on any atom is -0.390 e. The first-order valence-corrected chi connectivity index (χ1v) is 7.90. The van der Waals surface area contributed by atoms with Crippen LogP contribution in [0.1, 0.15) is 58.8 Å². The third-order valence-electron chi connectivity index (χ3n) is 5.75. The molecule has 2 aliphatic carbocycles. The summed E-state index contributed by atoms with van der Waals surface area (Å²) in [6.07, 6.45) is 8.74.